The molecule has 1 unspecified atom stereocenters. The summed E-state index contributed by atoms with van der Waals surface area (Å²) in [5.74, 6) is 1.17. The van der Waals surface area contributed by atoms with Crippen molar-refractivity contribution in [1.29, 1.82) is 0 Å². The normalized spacial score (nSPS) is 15.2. The van der Waals surface area contributed by atoms with Crippen LogP contribution in [0, 0.1) is 0 Å². The van der Waals surface area contributed by atoms with Crippen LogP contribution in [0.5, 0.6) is 0 Å². The number of aliphatic hydroxyl groups excluding tert-OH is 1. The van der Waals surface area contributed by atoms with Crippen molar-refractivity contribution in [1.82, 2.24) is 24.5 Å². The first-order valence-electron chi connectivity index (χ1n) is 11.6. The zero-order valence-corrected chi connectivity index (χ0v) is 18.7. The summed E-state index contributed by atoms with van der Waals surface area (Å²) in [4.78, 5) is 18.7. The Morgan fingerprint density at radius 2 is 2.06 bits per heavy atom. The van der Waals surface area contributed by atoms with Crippen molar-refractivity contribution in [2.45, 2.75) is 57.7 Å². The molecule has 9 nitrogen and oxygen atoms in total. The highest BCUT2D eigenvalue weighted by molar-refractivity contribution is 5.84. The second-order valence-corrected chi connectivity index (χ2v) is 8.51. The monoisotopic (exact) mass is 447 g/mol. The molecule has 0 radical (unpaired) electrons. The Bertz CT molecular complexity index is 1180. The van der Waals surface area contributed by atoms with Crippen LogP contribution in [0.2, 0.25) is 0 Å². The number of imidazole rings is 1. The van der Waals surface area contributed by atoms with Crippen molar-refractivity contribution >= 4 is 22.9 Å². The Morgan fingerprint density at radius 3 is 2.76 bits per heavy atom. The Kier molecular flexibility index (Phi) is 6.21. The third kappa shape index (κ3) is 4.54. The summed E-state index contributed by atoms with van der Waals surface area (Å²) in [5, 5.41) is 16.3. The van der Waals surface area contributed by atoms with Crippen LogP contribution in [-0.4, -0.2) is 42.3 Å². The lowest BCUT2D eigenvalue weighted by atomic mass is 10.2. The molecule has 1 saturated carbocycles. The minimum Gasteiger partial charge on any atom is -0.472 e. The van der Waals surface area contributed by atoms with Gasteiger partial charge in [-0.05, 0) is 37.0 Å². The summed E-state index contributed by atoms with van der Waals surface area (Å²) in [6.45, 7) is 2.60. The minimum absolute atomic E-state index is 0.0250. The van der Waals surface area contributed by atoms with E-state index < -0.39 is 0 Å². The van der Waals surface area contributed by atoms with E-state index >= 15 is 0 Å². The number of hydrogen-bond acceptors (Lipinski definition) is 8. The molecule has 0 aromatic carbocycles. The molecule has 0 aliphatic heterocycles. The smallest absolute Gasteiger partial charge is 0.227 e. The zero-order chi connectivity index (χ0) is 22.6. The van der Waals surface area contributed by atoms with E-state index in [-0.39, 0.29) is 12.6 Å². The zero-order valence-electron chi connectivity index (χ0n) is 18.7. The predicted octanol–water partition coefficient (Wildman–Crippen LogP) is 4.39. The highest BCUT2D eigenvalue weighted by Gasteiger charge is 2.22. The summed E-state index contributed by atoms with van der Waals surface area (Å²) < 4.78 is 7.32. The van der Waals surface area contributed by atoms with Gasteiger partial charge in [0, 0.05) is 24.3 Å². The van der Waals surface area contributed by atoms with Crippen molar-refractivity contribution in [3.63, 3.8) is 0 Å². The van der Waals surface area contributed by atoms with Gasteiger partial charge in [-0.15, -0.1) is 0 Å². The molecule has 9 heteroatoms. The molecular weight excluding hydrogens is 418 g/mol. The largest absolute Gasteiger partial charge is 0.472 e. The number of nitrogens with zero attached hydrogens (tertiary/aromatic N) is 5. The van der Waals surface area contributed by atoms with E-state index in [1.165, 1.54) is 12.8 Å². The molecule has 172 valence electrons. The molecule has 0 bridgehead atoms. The van der Waals surface area contributed by atoms with E-state index in [0.717, 1.165) is 47.2 Å². The maximum absolute atomic E-state index is 9.64. The van der Waals surface area contributed by atoms with E-state index in [9.17, 15) is 5.11 Å². The molecule has 0 amide bonds. The quantitative estimate of drug-likeness (QED) is 0.346. The lowest BCUT2D eigenvalue weighted by Gasteiger charge is -2.17. The number of aliphatic hydroxyl groups is 1. The van der Waals surface area contributed by atoms with Gasteiger partial charge in [0.15, 0.2) is 17.0 Å². The molecule has 4 heterocycles. The Balaban J connectivity index is 1.41. The molecule has 3 N–H and O–H groups in total. The Labute approximate surface area is 192 Å². The first-order chi connectivity index (χ1) is 16.2. The van der Waals surface area contributed by atoms with Crippen LogP contribution in [0.4, 0.5) is 11.8 Å². The third-order valence-electron chi connectivity index (χ3n) is 6.29. The average molecular weight is 448 g/mol. The third-order valence-corrected chi connectivity index (χ3v) is 6.29. The second-order valence-electron chi connectivity index (χ2n) is 8.51. The summed E-state index contributed by atoms with van der Waals surface area (Å²) in [6.07, 6.45) is 12.6. The van der Waals surface area contributed by atoms with E-state index in [2.05, 4.69) is 25.2 Å². The lowest BCUT2D eigenvalue weighted by molar-refractivity contribution is 0.271. The van der Waals surface area contributed by atoms with Crippen LogP contribution in [0.25, 0.3) is 22.4 Å². The second kappa shape index (κ2) is 9.58. The van der Waals surface area contributed by atoms with Crippen LogP contribution in [0.3, 0.4) is 0 Å². The molecule has 5 rings (SSSR count). The highest BCUT2D eigenvalue weighted by atomic mass is 16.3. The van der Waals surface area contributed by atoms with Gasteiger partial charge in [-0.3, -0.25) is 4.98 Å². The van der Waals surface area contributed by atoms with Gasteiger partial charge in [0.25, 0.3) is 0 Å². The number of anilines is 2. The summed E-state index contributed by atoms with van der Waals surface area (Å²) in [5.41, 5.74) is 4.43. The maximum atomic E-state index is 9.64. The lowest BCUT2D eigenvalue weighted by Crippen LogP contribution is -2.24. The van der Waals surface area contributed by atoms with Gasteiger partial charge >= 0.3 is 0 Å². The summed E-state index contributed by atoms with van der Waals surface area (Å²) >= 11 is 0. The number of furan rings is 1. The van der Waals surface area contributed by atoms with Crippen LogP contribution in [0.15, 0.2) is 47.7 Å². The molecule has 4 aromatic rings. The van der Waals surface area contributed by atoms with E-state index in [1.54, 1.807) is 12.5 Å². The van der Waals surface area contributed by atoms with E-state index in [1.807, 2.05) is 37.6 Å². The van der Waals surface area contributed by atoms with Gasteiger partial charge in [-0.2, -0.15) is 9.97 Å². The fourth-order valence-electron chi connectivity index (χ4n) is 4.31. The number of fused-ring (bicyclic) bond motifs is 1. The van der Waals surface area contributed by atoms with E-state index in [4.69, 9.17) is 14.4 Å². The molecule has 4 aromatic heterocycles. The predicted molar refractivity (Wildman–Crippen MR) is 127 cm³/mol. The topological polar surface area (TPSA) is 114 Å². The first-order valence-corrected chi connectivity index (χ1v) is 11.6. The molecule has 1 fully saturated rings. The van der Waals surface area contributed by atoms with Crippen molar-refractivity contribution < 1.29 is 9.52 Å². The molecule has 1 aliphatic rings. The van der Waals surface area contributed by atoms with Crippen molar-refractivity contribution in [2.24, 2.45) is 0 Å². The maximum Gasteiger partial charge on any atom is 0.227 e. The van der Waals surface area contributed by atoms with Gasteiger partial charge in [0.05, 0.1) is 37.2 Å². The van der Waals surface area contributed by atoms with Crippen LogP contribution >= 0.6 is 0 Å². The molecule has 0 spiro atoms. The molecular formula is C24H29N7O2. The summed E-state index contributed by atoms with van der Waals surface area (Å²) in [6, 6.07) is 6.23. The standard InChI is InChI=1S/C24H29N7O2/c1-2-18(13-32)28-24-29-22(21-23(30-24)31(15-27-21)19-5-3-4-6-19)26-12-16-7-8-20(25-11-16)17-9-10-33-14-17/h7-11,14-15,18-19,32H,2-6,12-13H2,1H3,(H2,26,28,29,30). The number of hydrogen-bond donors (Lipinski definition) is 3. The average Bonchev–Trinajstić information content (AvgIpc) is 3.62. The number of pyridine rings is 1. The van der Waals surface area contributed by atoms with Gasteiger partial charge < -0.3 is 24.7 Å². The van der Waals surface area contributed by atoms with Gasteiger partial charge in [-0.1, -0.05) is 25.8 Å². The van der Waals surface area contributed by atoms with Crippen LogP contribution in [-0.2, 0) is 6.54 Å². The van der Waals surface area contributed by atoms with Gasteiger partial charge in [0.1, 0.15) is 0 Å². The highest BCUT2D eigenvalue weighted by Crippen LogP contribution is 2.33. The molecule has 1 atom stereocenters. The fraction of sp³-hybridized carbons (Fsp3) is 0.417. The van der Waals surface area contributed by atoms with Crippen molar-refractivity contribution in [3.8, 4) is 11.3 Å². The molecule has 33 heavy (non-hydrogen) atoms. The van der Waals surface area contributed by atoms with Gasteiger partial charge in [-0.25, -0.2) is 4.98 Å². The van der Waals surface area contributed by atoms with Crippen LogP contribution in [0.1, 0.15) is 50.6 Å². The first kappa shape index (κ1) is 21.4. The Morgan fingerprint density at radius 1 is 1.18 bits per heavy atom. The van der Waals surface area contributed by atoms with Crippen LogP contribution < -0.4 is 10.6 Å². The Hall–Kier alpha value is -3.46. The molecule has 0 saturated heterocycles. The number of aromatic nitrogens is 5. The number of nitrogens with one attached hydrogen (secondary N) is 2. The van der Waals surface area contributed by atoms with Crippen molar-refractivity contribution in [2.75, 3.05) is 17.2 Å². The molecule has 1 aliphatic carbocycles. The van der Waals surface area contributed by atoms with Gasteiger partial charge in [0.2, 0.25) is 5.95 Å². The summed E-state index contributed by atoms with van der Waals surface area (Å²) in [7, 11) is 0. The van der Waals surface area contributed by atoms with E-state index in [0.29, 0.717) is 24.4 Å². The SMILES string of the molecule is CCC(CO)Nc1nc(NCc2ccc(-c3ccoc3)nc2)c2ncn(C3CCCC3)c2n1. The number of rotatable bonds is 9. The fourth-order valence-corrected chi connectivity index (χ4v) is 4.31. The minimum atomic E-state index is -0.0992. The van der Waals surface area contributed by atoms with Crippen molar-refractivity contribution in [3.05, 3.63) is 48.8 Å².